The standard InChI is InChI=1S/C14H18N2O/c1-12-6-2-3-7-13(12)8-9-14(17)16-11-5-4-10-15/h2-3,6-7H,4-5,8-9,11H2,1H3,(H,16,17). The summed E-state index contributed by atoms with van der Waals surface area (Å²) in [5, 5.41) is 11.2. The van der Waals surface area contributed by atoms with Crippen molar-refractivity contribution in [3.05, 3.63) is 35.4 Å². The van der Waals surface area contributed by atoms with E-state index in [1.165, 1.54) is 11.1 Å². The SMILES string of the molecule is Cc1ccccc1CCC(=O)NCCCC#N. The number of carbonyl (C=O) groups is 1. The number of carbonyl (C=O) groups excluding carboxylic acids is 1. The van der Waals surface area contributed by atoms with Gasteiger partial charge in [0.1, 0.15) is 0 Å². The Hall–Kier alpha value is -1.82. The van der Waals surface area contributed by atoms with Crippen molar-refractivity contribution in [3.8, 4) is 6.07 Å². The Kier molecular flexibility index (Phi) is 5.81. The summed E-state index contributed by atoms with van der Waals surface area (Å²) < 4.78 is 0. The van der Waals surface area contributed by atoms with Gasteiger partial charge in [-0.15, -0.1) is 0 Å². The molecule has 3 heteroatoms. The van der Waals surface area contributed by atoms with Crippen LogP contribution in [0.15, 0.2) is 24.3 Å². The number of aryl methyl sites for hydroxylation is 2. The topological polar surface area (TPSA) is 52.9 Å². The summed E-state index contributed by atoms with van der Waals surface area (Å²) in [6.07, 6.45) is 2.51. The van der Waals surface area contributed by atoms with Gasteiger partial charge >= 0.3 is 0 Å². The normalized spacial score (nSPS) is 9.65. The van der Waals surface area contributed by atoms with Crippen LogP contribution >= 0.6 is 0 Å². The molecule has 1 aromatic rings. The van der Waals surface area contributed by atoms with Gasteiger partial charge in [0, 0.05) is 19.4 Å². The van der Waals surface area contributed by atoms with Crippen molar-refractivity contribution in [1.29, 1.82) is 5.26 Å². The number of nitrogens with zero attached hydrogens (tertiary/aromatic N) is 1. The smallest absolute Gasteiger partial charge is 0.220 e. The number of benzene rings is 1. The van der Waals surface area contributed by atoms with Gasteiger partial charge in [0.2, 0.25) is 5.91 Å². The first-order chi connectivity index (χ1) is 8.24. The van der Waals surface area contributed by atoms with E-state index in [4.69, 9.17) is 5.26 Å². The molecule has 1 aromatic carbocycles. The molecule has 0 atom stereocenters. The zero-order chi connectivity index (χ0) is 12.5. The molecule has 17 heavy (non-hydrogen) atoms. The Morgan fingerprint density at radius 1 is 1.41 bits per heavy atom. The minimum atomic E-state index is 0.0613. The Labute approximate surface area is 102 Å². The molecular formula is C14H18N2O. The maximum Gasteiger partial charge on any atom is 0.220 e. The number of hydrogen-bond donors (Lipinski definition) is 1. The van der Waals surface area contributed by atoms with Gasteiger partial charge in [-0.3, -0.25) is 4.79 Å². The van der Waals surface area contributed by atoms with Crippen molar-refractivity contribution in [1.82, 2.24) is 5.32 Å². The summed E-state index contributed by atoms with van der Waals surface area (Å²) in [5.74, 6) is 0.0613. The quantitative estimate of drug-likeness (QED) is 0.763. The lowest BCUT2D eigenvalue weighted by molar-refractivity contribution is -0.121. The fourth-order valence-electron chi connectivity index (χ4n) is 1.62. The maximum absolute atomic E-state index is 11.5. The molecule has 1 rings (SSSR count). The average molecular weight is 230 g/mol. The summed E-state index contributed by atoms with van der Waals surface area (Å²) in [5.41, 5.74) is 2.45. The fraction of sp³-hybridized carbons (Fsp3) is 0.429. The monoisotopic (exact) mass is 230 g/mol. The summed E-state index contributed by atoms with van der Waals surface area (Å²) in [4.78, 5) is 11.5. The highest BCUT2D eigenvalue weighted by molar-refractivity contribution is 5.76. The molecule has 0 radical (unpaired) electrons. The van der Waals surface area contributed by atoms with Crippen molar-refractivity contribution in [2.45, 2.75) is 32.6 Å². The van der Waals surface area contributed by atoms with Gasteiger partial charge < -0.3 is 5.32 Å². The Morgan fingerprint density at radius 3 is 2.88 bits per heavy atom. The molecule has 1 N–H and O–H groups in total. The molecule has 0 bridgehead atoms. The van der Waals surface area contributed by atoms with Gasteiger partial charge in [-0.1, -0.05) is 24.3 Å². The molecular weight excluding hydrogens is 212 g/mol. The van der Waals surface area contributed by atoms with Crippen LogP contribution < -0.4 is 5.32 Å². The van der Waals surface area contributed by atoms with E-state index in [9.17, 15) is 4.79 Å². The number of hydrogen-bond acceptors (Lipinski definition) is 2. The molecule has 3 nitrogen and oxygen atoms in total. The second-order valence-electron chi connectivity index (χ2n) is 4.04. The van der Waals surface area contributed by atoms with Crippen molar-refractivity contribution >= 4 is 5.91 Å². The van der Waals surface area contributed by atoms with Crippen LogP contribution in [-0.2, 0) is 11.2 Å². The van der Waals surface area contributed by atoms with Crippen LogP contribution in [0.4, 0.5) is 0 Å². The molecule has 1 amide bonds. The fourth-order valence-corrected chi connectivity index (χ4v) is 1.62. The van der Waals surface area contributed by atoms with Gasteiger partial charge in [-0.05, 0) is 30.9 Å². The Morgan fingerprint density at radius 2 is 2.18 bits per heavy atom. The molecule has 0 heterocycles. The highest BCUT2D eigenvalue weighted by Gasteiger charge is 2.03. The van der Waals surface area contributed by atoms with E-state index < -0.39 is 0 Å². The van der Waals surface area contributed by atoms with E-state index in [-0.39, 0.29) is 5.91 Å². The number of rotatable bonds is 6. The minimum Gasteiger partial charge on any atom is -0.356 e. The van der Waals surface area contributed by atoms with Crippen molar-refractivity contribution in [2.75, 3.05) is 6.54 Å². The molecule has 90 valence electrons. The molecule has 0 aliphatic heterocycles. The van der Waals surface area contributed by atoms with Crippen LogP contribution in [0.3, 0.4) is 0 Å². The van der Waals surface area contributed by atoms with Crippen LogP contribution in [0.5, 0.6) is 0 Å². The first kappa shape index (κ1) is 13.2. The molecule has 0 unspecified atom stereocenters. The van der Waals surface area contributed by atoms with Crippen LogP contribution in [0.25, 0.3) is 0 Å². The predicted molar refractivity (Wildman–Crippen MR) is 67.4 cm³/mol. The molecule has 0 aliphatic rings. The number of unbranched alkanes of at least 4 members (excludes halogenated alkanes) is 1. The predicted octanol–water partition coefficient (Wildman–Crippen LogP) is 2.35. The Bertz CT molecular complexity index is 407. The lowest BCUT2D eigenvalue weighted by Crippen LogP contribution is -2.24. The molecule has 0 saturated heterocycles. The second kappa shape index (κ2) is 7.45. The third-order valence-electron chi connectivity index (χ3n) is 2.67. The van der Waals surface area contributed by atoms with Gasteiger partial charge in [0.05, 0.1) is 6.07 Å². The van der Waals surface area contributed by atoms with E-state index in [2.05, 4.69) is 30.4 Å². The second-order valence-corrected chi connectivity index (χ2v) is 4.04. The van der Waals surface area contributed by atoms with Gasteiger partial charge in [0.15, 0.2) is 0 Å². The molecule has 0 aliphatic carbocycles. The first-order valence-electron chi connectivity index (χ1n) is 5.92. The molecule has 0 saturated carbocycles. The van der Waals surface area contributed by atoms with Crippen molar-refractivity contribution in [3.63, 3.8) is 0 Å². The Balaban J connectivity index is 2.25. The largest absolute Gasteiger partial charge is 0.356 e. The lowest BCUT2D eigenvalue weighted by Gasteiger charge is -2.06. The molecule has 0 spiro atoms. The van der Waals surface area contributed by atoms with Gasteiger partial charge in [-0.25, -0.2) is 0 Å². The molecule has 0 fully saturated rings. The third-order valence-corrected chi connectivity index (χ3v) is 2.67. The first-order valence-corrected chi connectivity index (χ1v) is 5.92. The van der Waals surface area contributed by atoms with E-state index in [0.29, 0.717) is 19.4 Å². The van der Waals surface area contributed by atoms with Gasteiger partial charge in [-0.2, -0.15) is 5.26 Å². The van der Waals surface area contributed by atoms with Crippen LogP contribution in [0, 0.1) is 18.3 Å². The van der Waals surface area contributed by atoms with Crippen LogP contribution in [-0.4, -0.2) is 12.5 Å². The highest BCUT2D eigenvalue weighted by atomic mass is 16.1. The van der Waals surface area contributed by atoms with E-state index in [1.807, 2.05) is 12.1 Å². The van der Waals surface area contributed by atoms with E-state index >= 15 is 0 Å². The van der Waals surface area contributed by atoms with Crippen LogP contribution in [0.2, 0.25) is 0 Å². The summed E-state index contributed by atoms with van der Waals surface area (Å²) in [7, 11) is 0. The maximum atomic E-state index is 11.5. The zero-order valence-electron chi connectivity index (χ0n) is 10.2. The van der Waals surface area contributed by atoms with Gasteiger partial charge in [0.25, 0.3) is 0 Å². The summed E-state index contributed by atoms with van der Waals surface area (Å²) >= 11 is 0. The van der Waals surface area contributed by atoms with E-state index in [1.54, 1.807) is 0 Å². The highest BCUT2D eigenvalue weighted by Crippen LogP contribution is 2.09. The van der Waals surface area contributed by atoms with Crippen molar-refractivity contribution in [2.24, 2.45) is 0 Å². The molecule has 0 aromatic heterocycles. The number of amides is 1. The van der Waals surface area contributed by atoms with Crippen molar-refractivity contribution < 1.29 is 4.79 Å². The minimum absolute atomic E-state index is 0.0613. The van der Waals surface area contributed by atoms with Crippen LogP contribution in [0.1, 0.15) is 30.4 Å². The summed E-state index contributed by atoms with van der Waals surface area (Å²) in [6.45, 7) is 2.65. The third kappa shape index (κ3) is 5.17. The summed E-state index contributed by atoms with van der Waals surface area (Å²) in [6, 6.07) is 10.2. The van der Waals surface area contributed by atoms with E-state index in [0.717, 1.165) is 12.8 Å². The zero-order valence-corrected chi connectivity index (χ0v) is 10.2. The number of nitrogens with one attached hydrogen (secondary N) is 1. The lowest BCUT2D eigenvalue weighted by atomic mass is 10.0. The number of nitriles is 1. The average Bonchev–Trinajstić information content (AvgIpc) is 2.34.